The maximum atomic E-state index is 13.2. The van der Waals surface area contributed by atoms with Crippen LogP contribution in [-0.2, 0) is 9.59 Å². The van der Waals surface area contributed by atoms with Crippen molar-refractivity contribution in [3.05, 3.63) is 95.3 Å². The van der Waals surface area contributed by atoms with Gasteiger partial charge in [0.1, 0.15) is 11.5 Å². The van der Waals surface area contributed by atoms with E-state index in [1.54, 1.807) is 54.9 Å². The van der Waals surface area contributed by atoms with Crippen molar-refractivity contribution in [3.8, 4) is 5.75 Å². The summed E-state index contributed by atoms with van der Waals surface area (Å²) in [6.45, 7) is 6.54. The molecule has 2 aromatic carbocycles. The summed E-state index contributed by atoms with van der Waals surface area (Å²) in [7, 11) is 0. The van der Waals surface area contributed by atoms with Crippen molar-refractivity contribution in [1.82, 2.24) is 4.98 Å². The van der Waals surface area contributed by atoms with Crippen molar-refractivity contribution in [2.24, 2.45) is 5.92 Å². The molecule has 6 nitrogen and oxygen atoms in total. The van der Waals surface area contributed by atoms with E-state index >= 15 is 0 Å². The number of amides is 1. The summed E-state index contributed by atoms with van der Waals surface area (Å²) >= 11 is 0. The van der Waals surface area contributed by atoms with E-state index < -0.39 is 17.7 Å². The zero-order valence-corrected chi connectivity index (χ0v) is 18.9. The Labute approximate surface area is 193 Å². The van der Waals surface area contributed by atoms with E-state index in [0.717, 1.165) is 5.56 Å². The average Bonchev–Trinajstić information content (AvgIpc) is 3.08. The van der Waals surface area contributed by atoms with Crippen LogP contribution in [-0.4, -0.2) is 28.4 Å². The van der Waals surface area contributed by atoms with Crippen LogP contribution in [0.5, 0.6) is 5.75 Å². The smallest absolute Gasteiger partial charge is 0.300 e. The molecule has 0 aliphatic carbocycles. The first-order chi connectivity index (χ1) is 15.9. The third-order valence-corrected chi connectivity index (χ3v) is 5.42. The van der Waals surface area contributed by atoms with Crippen molar-refractivity contribution in [2.75, 3.05) is 11.5 Å². The van der Waals surface area contributed by atoms with Crippen LogP contribution < -0.4 is 9.64 Å². The van der Waals surface area contributed by atoms with Crippen LogP contribution in [0.2, 0.25) is 0 Å². The molecule has 1 saturated heterocycles. The largest absolute Gasteiger partial charge is 0.507 e. The fraction of sp³-hybridized carbons (Fsp3) is 0.222. The second-order valence-corrected chi connectivity index (χ2v) is 8.53. The summed E-state index contributed by atoms with van der Waals surface area (Å²) in [5.41, 5.74) is 2.60. The quantitative estimate of drug-likeness (QED) is 0.328. The molecule has 6 heteroatoms. The number of hydrogen-bond donors (Lipinski definition) is 1. The maximum absolute atomic E-state index is 13.2. The molecule has 33 heavy (non-hydrogen) atoms. The number of aliphatic hydroxyl groups is 1. The van der Waals surface area contributed by atoms with Crippen LogP contribution in [0.3, 0.4) is 0 Å². The van der Waals surface area contributed by atoms with E-state index in [0.29, 0.717) is 35.1 Å². The number of carbonyl (C=O) groups is 2. The van der Waals surface area contributed by atoms with Gasteiger partial charge in [0.25, 0.3) is 11.7 Å². The van der Waals surface area contributed by atoms with Crippen LogP contribution in [0.1, 0.15) is 36.6 Å². The van der Waals surface area contributed by atoms with Crippen molar-refractivity contribution >= 4 is 23.1 Å². The fourth-order valence-corrected chi connectivity index (χ4v) is 3.88. The SMILES string of the molecule is Cc1cccc(N2C(=O)C(=O)/C(=C(/O)c3cccc(OCC(C)C)c3)C2c2cccnc2)c1. The summed E-state index contributed by atoms with van der Waals surface area (Å²) < 4.78 is 5.78. The molecule has 3 aromatic rings. The van der Waals surface area contributed by atoms with Crippen molar-refractivity contribution in [3.63, 3.8) is 0 Å². The maximum Gasteiger partial charge on any atom is 0.300 e. The molecule has 2 heterocycles. The van der Waals surface area contributed by atoms with Gasteiger partial charge in [-0.2, -0.15) is 0 Å². The van der Waals surface area contributed by atoms with Gasteiger partial charge in [0.15, 0.2) is 0 Å². The molecule has 4 rings (SSSR count). The first-order valence-electron chi connectivity index (χ1n) is 10.9. The first-order valence-corrected chi connectivity index (χ1v) is 10.9. The van der Waals surface area contributed by atoms with Crippen LogP contribution in [0.4, 0.5) is 5.69 Å². The lowest BCUT2D eigenvalue weighted by Crippen LogP contribution is -2.29. The zero-order chi connectivity index (χ0) is 23.5. The molecule has 0 bridgehead atoms. The third kappa shape index (κ3) is 4.51. The molecule has 0 spiro atoms. The lowest BCUT2D eigenvalue weighted by atomic mass is 9.96. The molecule has 0 radical (unpaired) electrons. The molecule has 168 valence electrons. The Balaban J connectivity index is 1.85. The molecule has 1 N–H and O–H groups in total. The van der Waals surface area contributed by atoms with Gasteiger partial charge in [0.2, 0.25) is 0 Å². The molecule has 1 atom stereocenters. The van der Waals surface area contributed by atoms with Crippen LogP contribution >= 0.6 is 0 Å². The number of ether oxygens (including phenoxy) is 1. The lowest BCUT2D eigenvalue weighted by Gasteiger charge is -2.25. The molecular weight excluding hydrogens is 416 g/mol. The number of Topliss-reactive ketones (excluding diaryl/α,β-unsaturated/α-hetero) is 1. The van der Waals surface area contributed by atoms with E-state index in [1.807, 2.05) is 39.0 Å². The number of carbonyl (C=O) groups excluding carboxylic acids is 2. The minimum atomic E-state index is -0.805. The molecule has 1 fully saturated rings. The van der Waals surface area contributed by atoms with Gasteiger partial charge in [-0.15, -0.1) is 0 Å². The number of aliphatic hydroxyl groups excluding tert-OH is 1. The highest BCUT2D eigenvalue weighted by atomic mass is 16.5. The van der Waals surface area contributed by atoms with Gasteiger partial charge in [-0.1, -0.05) is 44.2 Å². The number of nitrogens with zero attached hydrogens (tertiary/aromatic N) is 2. The normalized spacial score (nSPS) is 17.6. The number of hydrogen-bond acceptors (Lipinski definition) is 5. The van der Waals surface area contributed by atoms with Gasteiger partial charge >= 0.3 is 0 Å². The summed E-state index contributed by atoms with van der Waals surface area (Å²) in [5.74, 6) is -0.752. The van der Waals surface area contributed by atoms with Gasteiger partial charge in [-0.05, 0) is 54.3 Å². The number of aromatic nitrogens is 1. The standard InChI is InChI=1S/C27H26N2O4/c1-17(2)16-33-22-11-5-8-19(14-22)25(30)23-24(20-9-6-12-28-15-20)29(27(32)26(23)31)21-10-4-7-18(3)13-21/h4-15,17,24,30H,16H2,1-3H3/b25-23+. The minimum Gasteiger partial charge on any atom is -0.507 e. The highest BCUT2D eigenvalue weighted by Gasteiger charge is 2.47. The molecule has 1 aliphatic rings. The fourth-order valence-electron chi connectivity index (χ4n) is 3.88. The van der Waals surface area contributed by atoms with Gasteiger partial charge in [-0.3, -0.25) is 19.5 Å². The summed E-state index contributed by atoms with van der Waals surface area (Å²) in [6, 6.07) is 17.0. The Hall–Kier alpha value is -3.93. The van der Waals surface area contributed by atoms with E-state index in [4.69, 9.17) is 4.74 Å². The topological polar surface area (TPSA) is 79.7 Å². The average molecular weight is 443 g/mol. The Bertz CT molecular complexity index is 1220. The molecule has 1 aromatic heterocycles. The highest BCUT2D eigenvalue weighted by molar-refractivity contribution is 6.51. The van der Waals surface area contributed by atoms with Crippen LogP contribution in [0, 0.1) is 12.8 Å². The molecule has 1 amide bonds. The second kappa shape index (κ2) is 9.28. The number of aryl methyl sites for hydroxylation is 1. The first kappa shape index (κ1) is 22.3. The number of ketones is 1. The summed E-state index contributed by atoms with van der Waals surface area (Å²) in [4.78, 5) is 32.0. The molecule has 1 aliphatic heterocycles. The van der Waals surface area contributed by atoms with Crippen LogP contribution in [0.25, 0.3) is 5.76 Å². The van der Waals surface area contributed by atoms with E-state index in [9.17, 15) is 14.7 Å². The Kier molecular flexibility index (Phi) is 6.27. The molecular formula is C27H26N2O4. The Morgan fingerprint density at radius 3 is 2.58 bits per heavy atom. The van der Waals surface area contributed by atoms with E-state index in [2.05, 4.69) is 4.98 Å². The Morgan fingerprint density at radius 2 is 1.88 bits per heavy atom. The van der Waals surface area contributed by atoms with Crippen molar-refractivity contribution in [1.29, 1.82) is 0 Å². The zero-order valence-electron chi connectivity index (χ0n) is 18.9. The lowest BCUT2D eigenvalue weighted by molar-refractivity contribution is -0.132. The molecule has 0 saturated carbocycles. The highest BCUT2D eigenvalue weighted by Crippen LogP contribution is 2.42. The number of benzene rings is 2. The number of rotatable bonds is 6. The van der Waals surface area contributed by atoms with Crippen LogP contribution in [0.15, 0.2) is 78.6 Å². The van der Waals surface area contributed by atoms with Gasteiger partial charge in [0.05, 0.1) is 18.2 Å². The summed E-state index contributed by atoms with van der Waals surface area (Å²) in [5, 5.41) is 11.3. The van der Waals surface area contributed by atoms with Crippen molar-refractivity contribution < 1.29 is 19.4 Å². The Morgan fingerprint density at radius 1 is 1.09 bits per heavy atom. The second-order valence-electron chi connectivity index (χ2n) is 8.53. The van der Waals surface area contributed by atoms with Crippen molar-refractivity contribution in [2.45, 2.75) is 26.8 Å². The monoisotopic (exact) mass is 442 g/mol. The van der Waals surface area contributed by atoms with Gasteiger partial charge < -0.3 is 9.84 Å². The van der Waals surface area contributed by atoms with Gasteiger partial charge in [-0.25, -0.2) is 0 Å². The predicted molar refractivity (Wildman–Crippen MR) is 127 cm³/mol. The summed E-state index contributed by atoms with van der Waals surface area (Å²) in [6.07, 6.45) is 3.23. The van der Waals surface area contributed by atoms with E-state index in [1.165, 1.54) is 4.90 Å². The predicted octanol–water partition coefficient (Wildman–Crippen LogP) is 5.05. The minimum absolute atomic E-state index is 0.0236. The third-order valence-electron chi connectivity index (χ3n) is 5.42. The molecule has 1 unspecified atom stereocenters. The number of anilines is 1. The van der Waals surface area contributed by atoms with E-state index in [-0.39, 0.29) is 11.3 Å². The van der Waals surface area contributed by atoms with Gasteiger partial charge in [0, 0.05) is 23.6 Å². The number of pyridine rings is 1.